The van der Waals surface area contributed by atoms with E-state index < -0.39 is 5.91 Å². The highest BCUT2D eigenvalue weighted by molar-refractivity contribution is 6.42. The van der Waals surface area contributed by atoms with Gasteiger partial charge in [0.1, 0.15) is 24.0 Å². The molecule has 0 spiro atoms. The van der Waals surface area contributed by atoms with E-state index in [1.165, 1.54) is 12.1 Å². The van der Waals surface area contributed by atoms with Crippen molar-refractivity contribution in [2.24, 2.45) is 0 Å². The maximum Gasteiger partial charge on any atom is 0.266 e. The Hall–Kier alpha value is -2.68. The number of benzene rings is 3. The molecule has 0 unspecified atom stereocenters. The maximum absolute atomic E-state index is 12.6. The lowest BCUT2D eigenvalue weighted by molar-refractivity contribution is -0.112. The zero-order valence-electron chi connectivity index (χ0n) is 15.8. The van der Waals surface area contributed by atoms with Gasteiger partial charge in [-0.3, -0.25) is 4.79 Å². The molecular weight excluding hydrogens is 478 g/mol. The van der Waals surface area contributed by atoms with E-state index >= 15 is 0 Å². The molecule has 156 valence electrons. The second kappa shape index (κ2) is 10.6. The summed E-state index contributed by atoms with van der Waals surface area (Å²) in [6.45, 7) is 0.208. The van der Waals surface area contributed by atoms with Crippen LogP contribution in [0.5, 0.6) is 5.75 Å². The minimum absolute atomic E-state index is 0.143. The fourth-order valence-electron chi connectivity index (χ4n) is 2.61. The number of carbonyl (C=O) groups excluding carboxylic acids is 1. The van der Waals surface area contributed by atoms with Crippen LogP contribution in [0.1, 0.15) is 11.1 Å². The summed E-state index contributed by atoms with van der Waals surface area (Å²) in [7, 11) is 0. The zero-order chi connectivity index (χ0) is 22.4. The summed E-state index contributed by atoms with van der Waals surface area (Å²) >= 11 is 24.1. The van der Waals surface area contributed by atoms with Gasteiger partial charge >= 0.3 is 0 Å². The first kappa shape index (κ1) is 23.0. The molecule has 1 N–H and O–H groups in total. The first-order valence-corrected chi connectivity index (χ1v) is 10.4. The van der Waals surface area contributed by atoms with E-state index in [0.29, 0.717) is 32.1 Å². The number of hydrogen-bond acceptors (Lipinski definition) is 3. The van der Waals surface area contributed by atoms with Gasteiger partial charge in [-0.05, 0) is 48.5 Å². The van der Waals surface area contributed by atoms with Crippen LogP contribution in [0.25, 0.3) is 6.08 Å². The first-order chi connectivity index (χ1) is 14.9. The number of rotatable bonds is 6. The smallest absolute Gasteiger partial charge is 0.266 e. The molecule has 0 saturated heterocycles. The second-order valence-electron chi connectivity index (χ2n) is 6.32. The van der Waals surface area contributed by atoms with E-state index in [0.717, 1.165) is 5.56 Å². The number of amides is 1. The number of halogens is 4. The van der Waals surface area contributed by atoms with Crippen molar-refractivity contribution in [2.45, 2.75) is 6.61 Å². The average Bonchev–Trinajstić information content (AvgIpc) is 2.75. The standard InChI is InChI=1S/C23H14Cl4N2O2/c24-17-5-8-22(31-13-14-3-1-2-4-19(14)25)15(10-17)9-16(12-28)23(30)29-18-6-7-20(26)21(27)11-18/h1-11H,13H2,(H,29,30)/b16-9+. The van der Waals surface area contributed by atoms with E-state index in [4.69, 9.17) is 51.1 Å². The molecule has 0 radical (unpaired) electrons. The van der Waals surface area contributed by atoms with Gasteiger partial charge in [-0.15, -0.1) is 0 Å². The lowest BCUT2D eigenvalue weighted by atomic mass is 10.1. The molecule has 0 aliphatic carbocycles. The Balaban J connectivity index is 1.84. The maximum atomic E-state index is 12.6. The fraction of sp³-hybridized carbons (Fsp3) is 0.0435. The van der Waals surface area contributed by atoms with Crippen molar-refractivity contribution in [3.8, 4) is 11.8 Å². The van der Waals surface area contributed by atoms with E-state index in [1.807, 2.05) is 24.3 Å². The number of nitrogens with zero attached hydrogens (tertiary/aromatic N) is 1. The predicted molar refractivity (Wildman–Crippen MR) is 126 cm³/mol. The van der Waals surface area contributed by atoms with Gasteiger partial charge in [0.05, 0.1) is 10.0 Å². The number of ether oxygens (including phenoxy) is 1. The van der Waals surface area contributed by atoms with Crippen LogP contribution < -0.4 is 10.1 Å². The Morgan fingerprint density at radius 1 is 0.968 bits per heavy atom. The summed E-state index contributed by atoms with van der Waals surface area (Å²) in [6, 6.07) is 18.7. The van der Waals surface area contributed by atoms with Crippen molar-refractivity contribution in [3.63, 3.8) is 0 Å². The molecule has 0 bridgehead atoms. The van der Waals surface area contributed by atoms with Crippen LogP contribution >= 0.6 is 46.4 Å². The van der Waals surface area contributed by atoms with E-state index in [9.17, 15) is 10.1 Å². The molecule has 3 rings (SSSR count). The number of nitriles is 1. The first-order valence-electron chi connectivity index (χ1n) is 8.91. The van der Waals surface area contributed by atoms with E-state index in [2.05, 4.69) is 5.32 Å². The highest BCUT2D eigenvalue weighted by Gasteiger charge is 2.13. The molecule has 0 saturated carbocycles. The molecule has 3 aromatic carbocycles. The van der Waals surface area contributed by atoms with Crippen LogP contribution in [0.4, 0.5) is 5.69 Å². The van der Waals surface area contributed by atoms with Gasteiger partial charge < -0.3 is 10.1 Å². The second-order valence-corrected chi connectivity index (χ2v) is 7.97. The van der Waals surface area contributed by atoms with Gasteiger partial charge in [-0.1, -0.05) is 64.6 Å². The molecule has 1 amide bonds. The number of hydrogen-bond donors (Lipinski definition) is 1. The van der Waals surface area contributed by atoms with Gasteiger partial charge in [0, 0.05) is 26.9 Å². The number of carbonyl (C=O) groups is 1. The van der Waals surface area contributed by atoms with Gasteiger partial charge in [0.15, 0.2) is 0 Å². The highest BCUT2D eigenvalue weighted by atomic mass is 35.5. The molecule has 8 heteroatoms. The van der Waals surface area contributed by atoms with Gasteiger partial charge in [-0.25, -0.2) is 0 Å². The van der Waals surface area contributed by atoms with Crippen LogP contribution in [0.2, 0.25) is 20.1 Å². The van der Waals surface area contributed by atoms with E-state index in [1.54, 1.807) is 36.4 Å². The lowest BCUT2D eigenvalue weighted by Gasteiger charge is -2.11. The summed E-state index contributed by atoms with van der Waals surface area (Å²) in [5.41, 5.74) is 1.53. The van der Waals surface area contributed by atoms with Crippen molar-refractivity contribution in [2.75, 3.05) is 5.32 Å². The Morgan fingerprint density at radius 3 is 2.45 bits per heavy atom. The molecule has 0 fully saturated rings. The average molecular weight is 492 g/mol. The third-order valence-corrected chi connectivity index (χ3v) is 5.50. The molecule has 3 aromatic rings. The number of anilines is 1. The topological polar surface area (TPSA) is 62.1 Å². The van der Waals surface area contributed by atoms with Gasteiger partial charge in [-0.2, -0.15) is 5.26 Å². The molecule has 31 heavy (non-hydrogen) atoms. The minimum atomic E-state index is -0.613. The van der Waals surface area contributed by atoms with Crippen LogP contribution in [-0.4, -0.2) is 5.91 Å². The molecule has 0 atom stereocenters. The summed E-state index contributed by atoms with van der Waals surface area (Å²) < 4.78 is 5.87. The summed E-state index contributed by atoms with van der Waals surface area (Å²) in [4.78, 5) is 12.6. The molecule has 0 aliphatic rings. The SMILES string of the molecule is N#C/C(=C\c1cc(Cl)ccc1OCc1ccccc1Cl)C(=O)Nc1ccc(Cl)c(Cl)c1. The van der Waals surface area contributed by atoms with Crippen molar-refractivity contribution in [1.82, 2.24) is 0 Å². The summed E-state index contributed by atoms with van der Waals surface area (Å²) in [5, 5.41) is 13.8. The number of nitrogens with one attached hydrogen (secondary N) is 1. The van der Waals surface area contributed by atoms with Crippen molar-refractivity contribution in [3.05, 3.63) is 97.5 Å². The van der Waals surface area contributed by atoms with Crippen molar-refractivity contribution < 1.29 is 9.53 Å². The quantitative estimate of drug-likeness (QED) is 0.288. The monoisotopic (exact) mass is 490 g/mol. The normalized spacial score (nSPS) is 11.0. The summed E-state index contributed by atoms with van der Waals surface area (Å²) in [6.07, 6.45) is 1.40. The third kappa shape index (κ3) is 6.16. The van der Waals surface area contributed by atoms with E-state index in [-0.39, 0.29) is 17.2 Å². The van der Waals surface area contributed by atoms with Crippen LogP contribution in [0, 0.1) is 11.3 Å². The Kier molecular flexibility index (Phi) is 7.84. The minimum Gasteiger partial charge on any atom is -0.488 e. The Labute approximate surface area is 199 Å². The zero-order valence-corrected chi connectivity index (χ0v) is 18.9. The predicted octanol–water partition coefficient (Wildman–Crippen LogP) is 7.42. The summed E-state index contributed by atoms with van der Waals surface area (Å²) in [5.74, 6) is -0.169. The Morgan fingerprint density at radius 2 is 1.74 bits per heavy atom. The Bertz CT molecular complexity index is 1200. The molecular formula is C23H14Cl4N2O2. The van der Waals surface area contributed by atoms with Crippen LogP contribution in [0.3, 0.4) is 0 Å². The molecule has 0 heterocycles. The van der Waals surface area contributed by atoms with Crippen LogP contribution in [0.15, 0.2) is 66.2 Å². The highest BCUT2D eigenvalue weighted by Crippen LogP contribution is 2.28. The van der Waals surface area contributed by atoms with Crippen LogP contribution in [-0.2, 0) is 11.4 Å². The third-order valence-electron chi connectivity index (χ3n) is 4.16. The molecule has 4 nitrogen and oxygen atoms in total. The fourth-order valence-corrected chi connectivity index (χ4v) is 3.28. The van der Waals surface area contributed by atoms with Gasteiger partial charge in [0.25, 0.3) is 5.91 Å². The lowest BCUT2D eigenvalue weighted by Crippen LogP contribution is -2.13. The van der Waals surface area contributed by atoms with Gasteiger partial charge in [0.2, 0.25) is 0 Å². The largest absolute Gasteiger partial charge is 0.488 e. The van der Waals surface area contributed by atoms with Crippen molar-refractivity contribution >= 4 is 64.1 Å². The molecule has 0 aliphatic heterocycles. The molecule has 0 aromatic heterocycles. The van der Waals surface area contributed by atoms with Crippen molar-refractivity contribution in [1.29, 1.82) is 5.26 Å².